The van der Waals surface area contributed by atoms with Crippen molar-refractivity contribution in [2.75, 3.05) is 38.2 Å². The lowest BCUT2D eigenvalue weighted by Gasteiger charge is -2.54. The molecule has 1 aromatic carbocycles. The summed E-state index contributed by atoms with van der Waals surface area (Å²) in [4.78, 5) is 6.83. The predicted molar refractivity (Wildman–Crippen MR) is 109 cm³/mol. The zero-order valence-corrected chi connectivity index (χ0v) is 16.7. The van der Waals surface area contributed by atoms with Crippen LogP contribution in [0.1, 0.15) is 33.6 Å². The van der Waals surface area contributed by atoms with Crippen LogP contribution in [-0.4, -0.2) is 51.4 Å². The zero-order chi connectivity index (χ0) is 18.6. The van der Waals surface area contributed by atoms with Gasteiger partial charge in [0, 0.05) is 56.4 Å². The van der Waals surface area contributed by atoms with Gasteiger partial charge in [-0.05, 0) is 31.9 Å². The lowest BCUT2D eigenvalue weighted by Crippen LogP contribution is -2.68. The molecule has 2 N–H and O–H groups in total. The molecule has 1 aliphatic heterocycles. The number of anilines is 1. The Labute approximate surface area is 158 Å². The molecular formula is C21H34N4O. The molecule has 0 bridgehead atoms. The Hall–Kier alpha value is -1.75. The van der Waals surface area contributed by atoms with Crippen molar-refractivity contribution in [1.29, 1.82) is 0 Å². The van der Waals surface area contributed by atoms with E-state index in [1.165, 1.54) is 5.69 Å². The summed E-state index contributed by atoms with van der Waals surface area (Å²) in [5.74, 6) is 1.54. The fourth-order valence-electron chi connectivity index (χ4n) is 4.54. The van der Waals surface area contributed by atoms with E-state index in [1.807, 2.05) is 7.05 Å². The third-order valence-corrected chi connectivity index (χ3v) is 6.02. The van der Waals surface area contributed by atoms with Gasteiger partial charge in [-0.1, -0.05) is 32.0 Å². The van der Waals surface area contributed by atoms with Crippen LogP contribution in [0.25, 0.3) is 0 Å². The summed E-state index contributed by atoms with van der Waals surface area (Å²) in [5.41, 5.74) is 1.46. The van der Waals surface area contributed by atoms with Gasteiger partial charge in [0.25, 0.3) is 0 Å². The topological polar surface area (TPSA) is 48.9 Å². The number of hydrogen-bond acceptors (Lipinski definition) is 3. The third-order valence-electron chi connectivity index (χ3n) is 6.02. The van der Waals surface area contributed by atoms with E-state index in [2.05, 4.69) is 71.6 Å². The number of hydrogen-bond donors (Lipinski definition) is 2. The number of benzene rings is 1. The molecule has 0 radical (unpaired) electrons. The molecule has 5 nitrogen and oxygen atoms in total. The van der Waals surface area contributed by atoms with Crippen molar-refractivity contribution in [1.82, 2.24) is 10.6 Å². The molecule has 3 atom stereocenters. The summed E-state index contributed by atoms with van der Waals surface area (Å²) in [7, 11) is 1.85. The van der Waals surface area contributed by atoms with Crippen molar-refractivity contribution >= 4 is 11.6 Å². The van der Waals surface area contributed by atoms with Gasteiger partial charge >= 0.3 is 0 Å². The number of ether oxygens (including phenoxy) is 1. The Balaban J connectivity index is 1.43. The van der Waals surface area contributed by atoms with E-state index in [-0.39, 0.29) is 5.41 Å². The molecule has 2 aliphatic rings. The van der Waals surface area contributed by atoms with E-state index in [0.29, 0.717) is 18.1 Å². The van der Waals surface area contributed by atoms with E-state index in [9.17, 15) is 0 Å². The first-order valence-electron chi connectivity index (χ1n) is 9.96. The second kappa shape index (κ2) is 8.30. The number of aliphatic imine (C=N–C) groups is 1. The van der Waals surface area contributed by atoms with Crippen molar-refractivity contribution in [3.8, 4) is 0 Å². The molecule has 1 heterocycles. The van der Waals surface area contributed by atoms with Crippen LogP contribution in [0.4, 0.5) is 5.69 Å². The van der Waals surface area contributed by atoms with Gasteiger partial charge in [-0.25, -0.2) is 0 Å². The molecule has 5 heteroatoms. The van der Waals surface area contributed by atoms with E-state index in [0.717, 1.165) is 45.0 Å². The SMILES string of the molecule is CCN(CCCNC(=NC)NC1C2CCOC2C1(C)C)c1ccccc1. The first-order chi connectivity index (χ1) is 12.6. The summed E-state index contributed by atoms with van der Waals surface area (Å²) in [6.07, 6.45) is 2.64. The van der Waals surface area contributed by atoms with Gasteiger partial charge in [-0.3, -0.25) is 4.99 Å². The fourth-order valence-corrected chi connectivity index (χ4v) is 4.54. The van der Waals surface area contributed by atoms with Gasteiger partial charge in [0.05, 0.1) is 6.10 Å². The fraction of sp³-hybridized carbons (Fsp3) is 0.667. The molecule has 1 saturated heterocycles. The summed E-state index contributed by atoms with van der Waals surface area (Å²) in [6, 6.07) is 11.1. The summed E-state index contributed by atoms with van der Waals surface area (Å²) in [5, 5.41) is 7.13. The van der Waals surface area contributed by atoms with Crippen LogP contribution in [-0.2, 0) is 4.74 Å². The highest BCUT2D eigenvalue weighted by Crippen LogP contribution is 2.52. The van der Waals surface area contributed by atoms with Crippen LogP contribution < -0.4 is 15.5 Å². The molecule has 1 aliphatic carbocycles. The van der Waals surface area contributed by atoms with E-state index in [4.69, 9.17) is 4.74 Å². The molecule has 26 heavy (non-hydrogen) atoms. The average molecular weight is 359 g/mol. The first kappa shape index (κ1) is 19.0. The largest absolute Gasteiger partial charge is 0.377 e. The van der Waals surface area contributed by atoms with Crippen LogP contribution in [0.2, 0.25) is 0 Å². The van der Waals surface area contributed by atoms with Crippen LogP contribution in [0.15, 0.2) is 35.3 Å². The van der Waals surface area contributed by atoms with Gasteiger partial charge in [-0.2, -0.15) is 0 Å². The summed E-state index contributed by atoms with van der Waals surface area (Å²) in [6.45, 7) is 10.7. The molecule has 0 spiro atoms. The Bertz CT molecular complexity index is 601. The van der Waals surface area contributed by atoms with Crippen LogP contribution in [0.5, 0.6) is 0 Å². The lowest BCUT2D eigenvalue weighted by molar-refractivity contribution is -0.106. The van der Waals surface area contributed by atoms with Crippen LogP contribution >= 0.6 is 0 Å². The monoisotopic (exact) mass is 358 g/mol. The third kappa shape index (κ3) is 3.83. The van der Waals surface area contributed by atoms with Gasteiger partial charge in [0.1, 0.15) is 0 Å². The number of nitrogens with zero attached hydrogens (tertiary/aromatic N) is 2. The summed E-state index contributed by atoms with van der Waals surface area (Å²) < 4.78 is 5.89. The Kier molecular flexibility index (Phi) is 6.07. The van der Waals surface area contributed by atoms with Crippen molar-refractivity contribution in [3.63, 3.8) is 0 Å². The molecule has 0 aromatic heterocycles. The molecule has 144 valence electrons. The smallest absolute Gasteiger partial charge is 0.191 e. The molecular weight excluding hydrogens is 324 g/mol. The minimum atomic E-state index is 0.172. The molecule has 1 saturated carbocycles. The number of para-hydroxylation sites is 1. The van der Waals surface area contributed by atoms with Gasteiger partial charge in [0.2, 0.25) is 0 Å². The maximum Gasteiger partial charge on any atom is 0.191 e. The Morgan fingerprint density at radius 3 is 2.77 bits per heavy atom. The highest BCUT2D eigenvalue weighted by atomic mass is 16.5. The van der Waals surface area contributed by atoms with E-state index >= 15 is 0 Å². The van der Waals surface area contributed by atoms with Crippen LogP contribution in [0, 0.1) is 11.3 Å². The number of fused-ring (bicyclic) bond motifs is 1. The molecule has 3 unspecified atom stereocenters. The Morgan fingerprint density at radius 2 is 2.08 bits per heavy atom. The number of rotatable bonds is 7. The lowest BCUT2D eigenvalue weighted by atomic mass is 9.57. The number of nitrogens with one attached hydrogen (secondary N) is 2. The maximum absolute atomic E-state index is 5.89. The summed E-state index contributed by atoms with van der Waals surface area (Å²) >= 11 is 0. The normalized spacial score (nSPS) is 26.8. The molecule has 1 aromatic rings. The Morgan fingerprint density at radius 1 is 1.31 bits per heavy atom. The van der Waals surface area contributed by atoms with Gasteiger partial charge in [0.15, 0.2) is 5.96 Å². The van der Waals surface area contributed by atoms with Gasteiger partial charge < -0.3 is 20.3 Å². The highest BCUT2D eigenvalue weighted by Gasteiger charge is 2.59. The maximum atomic E-state index is 5.89. The number of guanidine groups is 1. The first-order valence-corrected chi connectivity index (χ1v) is 9.96. The molecule has 3 rings (SSSR count). The minimum Gasteiger partial charge on any atom is -0.377 e. The van der Waals surface area contributed by atoms with E-state index in [1.54, 1.807) is 0 Å². The average Bonchev–Trinajstić information content (AvgIpc) is 3.12. The van der Waals surface area contributed by atoms with E-state index < -0.39 is 0 Å². The second-order valence-electron chi connectivity index (χ2n) is 7.96. The standard InChI is InChI=1S/C21H34N4O/c1-5-25(16-10-7-6-8-11-16)14-9-13-23-20(22-4)24-18-17-12-15-26-19(17)21(18,2)3/h6-8,10-11,17-19H,5,9,12-15H2,1-4H3,(H2,22,23,24). The zero-order valence-electron chi connectivity index (χ0n) is 16.7. The van der Waals surface area contributed by atoms with Crippen molar-refractivity contribution < 1.29 is 4.74 Å². The predicted octanol–water partition coefficient (Wildman–Crippen LogP) is 2.88. The van der Waals surface area contributed by atoms with Crippen molar-refractivity contribution in [2.24, 2.45) is 16.3 Å². The highest BCUT2D eigenvalue weighted by molar-refractivity contribution is 5.80. The van der Waals surface area contributed by atoms with Crippen LogP contribution in [0.3, 0.4) is 0 Å². The quantitative estimate of drug-likeness (QED) is 0.447. The van der Waals surface area contributed by atoms with Crippen molar-refractivity contribution in [3.05, 3.63) is 30.3 Å². The molecule has 0 amide bonds. The minimum absolute atomic E-state index is 0.172. The van der Waals surface area contributed by atoms with Gasteiger partial charge in [-0.15, -0.1) is 0 Å². The molecule has 2 fully saturated rings. The second-order valence-corrected chi connectivity index (χ2v) is 7.96. The van der Waals surface area contributed by atoms with Crippen molar-refractivity contribution in [2.45, 2.75) is 45.8 Å².